The van der Waals surface area contributed by atoms with Crippen LogP contribution < -0.4 is 0 Å². The van der Waals surface area contributed by atoms with Crippen LogP contribution in [0, 0.1) is 0 Å². The molecule has 0 radical (unpaired) electrons. The maximum atomic E-state index is 13.2. The SMILES string of the molecule is O=C(c1ccc(Cl)cc1)N1CCc2sccc2[C@@H]1c1ccc(Cl)cc1. The Morgan fingerprint density at radius 3 is 2.28 bits per heavy atom. The number of hydrogen-bond donors (Lipinski definition) is 0. The minimum Gasteiger partial charge on any atom is -0.327 e. The van der Waals surface area contributed by atoms with Crippen LogP contribution in [0.25, 0.3) is 0 Å². The molecule has 25 heavy (non-hydrogen) atoms. The largest absolute Gasteiger partial charge is 0.327 e. The lowest BCUT2D eigenvalue weighted by molar-refractivity contribution is 0.0696. The summed E-state index contributed by atoms with van der Waals surface area (Å²) in [6.07, 6.45) is 0.885. The van der Waals surface area contributed by atoms with Gasteiger partial charge >= 0.3 is 0 Å². The summed E-state index contributed by atoms with van der Waals surface area (Å²) in [5.74, 6) is 0.0217. The fraction of sp³-hybridized carbons (Fsp3) is 0.150. The highest BCUT2D eigenvalue weighted by atomic mass is 35.5. The summed E-state index contributed by atoms with van der Waals surface area (Å²) in [7, 11) is 0. The summed E-state index contributed by atoms with van der Waals surface area (Å²) in [5.41, 5.74) is 2.94. The maximum absolute atomic E-state index is 13.2. The fourth-order valence-corrected chi connectivity index (χ4v) is 4.45. The predicted octanol–water partition coefficient (Wildman–Crippen LogP) is 5.84. The molecule has 0 spiro atoms. The van der Waals surface area contributed by atoms with Crippen LogP contribution in [0.4, 0.5) is 0 Å². The second-order valence-electron chi connectivity index (χ2n) is 6.01. The van der Waals surface area contributed by atoms with E-state index in [1.807, 2.05) is 29.2 Å². The number of carbonyl (C=O) groups excluding carboxylic acids is 1. The number of benzene rings is 2. The average Bonchev–Trinajstić information content (AvgIpc) is 3.10. The van der Waals surface area contributed by atoms with Crippen molar-refractivity contribution in [3.8, 4) is 0 Å². The van der Waals surface area contributed by atoms with E-state index in [9.17, 15) is 4.79 Å². The molecule has 1 aliphatic heterocycles. The van der Waals surface area contributed by atoms with Gasteiger partial charge in [0.05, 0.1) is 6.04 Å². The van der Waals surface area contributed by atoms with E-state index in [2.05, 4.69) is 11.4 Å². The molecule has 2 heterocycles. The van der Waals surface area contributed by atoms with Crippen LogP contribution in [0.15, 0.2) is 60.0 Å². The number of hydrogen-bond acceptors (Lipinski definition) is 2. The van der Waals surface area contributed by atoms with E-state index in [-0.39, 0.29) is 11.9 Å². The minimum absolute atomic E-state index is 0.0217. The maximum Gasteiger partial charge on any atom is 0.254 e. The van der Waals surface area contributed by atoms with Gasteiger partial charge in [-0.25, -0.2) is 0 Å². The number of thiophene rings is 1. The molecule has 0 fully saturated rings. The van der Waals surface area contributed by atoms with Gasteiger partial charge in [-0.3, -0.25) is 4.79 Å². The molecule has 0 bridgehead atoms. The first-order valence-electron chi connectivity index (χ1n) is 8.02. The van der Waals surface area contributed by atoms with Gasteiger partial charge in [-0.15, -0.1) is 11.3 Å². The summed E-state index contributed by atoms with van der Waals surface area (Å²) < 4.78 is 0. The number of rotatable bonds is 2. The van der Waals surface area contributed by atoms with E-state index in [1.54, 1.807) is 35.6 Å². The third-order valence-electron chi connectivity index (χ3n) is 4.50. The Hall–Kier alpha value is -1.81. The van der Waals surface area contributed by atoms with E-state index >= 15 is 0 Å². The van der Waals surface area contributed by atoms with Gasteiger partial charge in [0.15, 0.2) is 0 Å². The molecule has 0 unspecified atom stereocenters. The van der Waals surface area contributed by atoms with Crippen LogP contribution in [-0.2, 0) is 6.42 Å². The van der Waals surface area contributed by atoms with Crippen molar-refractivity contribution in [1.82, 2.24) is 4.90 Å². The first-order chi connectivity index (χ1) is 12.1. The zero-order valence-electron chi connectivity index (χ0n) is 13.3. The molecule has 4 rings (SSSR count). The number of carbonyl (C=O) groups is 1. The molecule has 0 saturated heterocycles. The van der Waals surface area contributed by atoms with Crippen molar-refractivity contribution in [2.45, 2.75) is 12.5 Å². The molecule has 1 atom stereocenters. The fourth-order valence-electron chi connectivity index (χ4n) is 3.30. The zero-order valence-corrected chi connectivity index (χ0v) is 15.6. The van der Waals surface area contributed by atoms with Crippen LogP contribution >= 0.6 is 34.5 Å². The predicted molar refractivity (Wildman–Crippen MR) is 104 cm³/mol. The molecule has 1 amide bonds. The van der Waals surface area contributed by atoms with Gasteiger partial charge in [-0.1, -0.05) is 35.3 Å². The van der Waals surface area contributed by atoms with Crippen molar-refractivity contribution in [3.63, 3.8) is 0 Å². The van der Waals surface area contributed by atoms with E-state index in [0.717, 1.165) is 12.0 Å². The molecular weight excluding hydrogens is 373 g/mol. The summed E-state index contributed by atoms with van der Waals surface area (Å²) in [6, 6.07) is 16.9. The van der Waals surface area contributed by atoms with E-state index in [4.69, 9.17) is 23.2 Å². The Labute approximate surface area is 160 Å². The number of amides is 1. The highest BCUT2D eigenvalue weighted by molar-refractivity contribution is 7.10. The number of nitrogens with zero attached hydrogens (tertiary/aromatic N) is 1. The van der Waals surface area contributed by atoms with Crippen molar-refractivity contribution in [2.75, 3.05) is 6.54 Å². The van der Waals surface area contributed by atoms with Gasteiger partial charge in [0.1, 0.15) is 0 Å². The Morgan fingerprint density at radius 1 is 0.960 bits per heavy atom. The average molecular weight is 388 g/mol. The quantitative estimate of drug-likeness (QED) is 0.540. The Morgan fingerprint density at radius 2 is 1.60 bits per heavy atom. The zero-order chi connectivity index (χ0) is 17.4. The lowest BCUT2D eigenvalue weighted by Crippen LogP contribution is -2.40. The number of fused-ring (bicyclic) bond motifs is 1. The Bertz CT molecular complexity index is 902. The molecule has 3 aromatic rings. The smallest absolute Gasteiger partial charge is 0.254 e. The van der Waals surface area contributed by atoms with Crippen molar-refractivity contribution in [3.05, 3.63) is 91.6 Å². The summed E-state index contributed by atoms with van der Waals surface area (Å²) in [6.45, 7) is 0.697. The molecule has 2 aromatic carbocycles. The van der Waals surface area contributed by atoms with Crippen LogP contribution in [0.2, 0.25) is 10.0 Å². The van der Waals surface area contributed by atoms with Crippen LogP contribution in [0.3, 0.4) is 0 Å². The van der Waals surface area contributed by atoms with Crippen LogP contribution in [-0.4, -0.2) is 17.4 Å². The molecule has 0 saturated carbocycles. The van der Waals surface area contributed by atoms with Gasteiger partial charge in [-0.2, -0.15) is 0 Å². The van der Waals surface area contributed by atoms with E-state index in [0.29, 0.717) is 22.2 Å². The standard InChI is InChI=1S/C20H15Cl2NOS/c21-15-5-1-13(2-6-15)19-17-10-12-25-18(17)9-11-23(19)20(24)14-3-7-16(22)8-4-14/h1-8,10,12,19H,9,11H2/t19-/m0/s1. The first-order valence-corrected chi connectivity index (χ1v) is 9.65. The normalized spacial score (nSPS) is 16.6. The summed E-state index contributed by atoms with van der Waals surface area (Å²) in [4.78, 5) is 16.4. The van der Waals surface area contributed by atoms with Gasteiger partial charge in [0.25, 0.3) is 5.91 Å². The van der Waals surface area contributed by atoms with E-state index in [1.165, 1.54) is 10.4 Å². The Kier molecular flexibility index (Phi) is 4.55. The second kappa shape index (κ2) is 6.83. The van der Waals surface area contributed by atoms with Crippen LogP contribution in [0.1, 0.15) is 32.4 Å². The molecule has 2 nitrogen and oxygen atoms in total. The molecule has 126 valence electrons. The van der Waals surface area contributed by atoms with Crippen molar-refractivity contribution in [1.29, 1.82) is 0 Å². The van der Waals surface area contributed by atoms with Crippen LogP contribution in [0.5, 0.6) is 0 Å². The molecule has 0 N–H and O–H groups in total. The molecule has 1 aliphatic rings. The van der Waals surface area contributed by atoms with Gasteiger partial charge in [-0.05, 0) is 65.4 Å². The van der Waals surface area contributed by atoms with Crippen molar-refractivity contribution < 1.29 is 4.79 Å². The Balaban J connectivity index is 1.76. The molecule has 1 aromatic heterocycles. The van der Waals surface area contributed by atoms with Crippen molar-refractivity contribution >= 4 is 40.4 Å². The van der Waals surface area contributed by atoms with Gasteiger partial charge in [0.2, 0.25) is 0 Å². The molecule has 5 heteroatoms. The highest BCUT2D eigenvalue weighted by Gasteiger charge is 2.33. The molecular formula is C20H15Cl2NOS. The van der Waals surface area contributed by atoms with Gasteiger partial charge < -0.3 is 4.90 Å². The monoisotopic (exact) mass is 387 g/mol. The summed E-state index contributed by atoms with van der Waals surface area (Å²) >= 11 is 13.8. The summed E-state index contributed by atoms with van der Waals surface area (Å²) in [5, 5.41) is 3.43. The lowest BCUT2D eigenvalue weighted by atomic mass is 9.92. The first kappa shape index (κ1) is 16.6. The minimum atomic E-state index is -0.0876. The van der Waals surface area contributed by atoms with Gasteiger partial charge in [0, 0.05) is 27.0 Å². The van der Waals surface area contributed by atoms with Crippen molar-refractivity contribution in [2.24, 2.45) is 0 Å². The highest BCUT2D eigenvalue weighted by Crippen LogP contribution is 2.38. The second-order valence-corrected chi connectivity index (χ2v) is 7.88. The van der Waals surface area contributed by atoms with E-state index < -0.39 is 0 Å². The molecule has 0 aliphatic carbocycles. The lowest BCUT2D eigenvalue weighted by Gasteiger charge is -2.36. The third-order valence-corrected chi connectivity index (χ3v) is 6.00. The topological polar surface area (TPSA) is 20.3 Å². The number of halogens is 2. The third kappa shape index (κ3) is 3.20.